The molecule has 0 fully saturated rings. The molecule has 0 aliphatic heterocycles. The first-order chi connectivity index (χ1) is 8.88. The van der Waals surface area contributed by atoms with E-state index in [0.717, 1.165) is 0 Å². The number of carboxylic acid groups (broad SMARTS) is 1. The SMILES string of the molecule is COC(=O)c1ccccc1NCCC(C)(C)C(=O)O. The minimum Gasteiger partial charge on any atom is -0.481 e. The van der Waals surface area contributed by atoms with Gasteiger partial charge in [0.15, 0.2) is 0 Å². The van der Waals surface area contributed by atoms with E-state index in [1.807, 2.05) is 0 Å². The maximum atomic E-state index is 11.5. The summed E-state index contributed by atoms with van der Waals surface area (Å²) in [4.78, 5) is 22.5. The Morgan fingerprint density at radius 2 is 1.95 bits per heavy atom. The lowest BCUT2D eigenvalue weighted by atomic mass is 9.89. The molecule has 0 unspecified atom stereocenters. The van der Waals surface area contributed by atoms with Gasteiger partial charge in [-0.1, -0.05) is 12.1 Å². The molecule has 5 heteroatoms. The average Bonchev–Trinajstić information content (AvgIpc) is 2.38. The molecule has 0 aliphatic rings. The standard InChI is InChI=1S/C14H19NO4/c1-14(2,13(17)18)8-9-15-11-7-5-4-6-10(11)12(16)19-3/h4-7,15H,8-9H2,1-3H3,(H,17,18). The molecular weight excluding hydrogens is 246 g/mol. The minimum absolute atomic E-state index is 0.416. The quantitative estimate of drug-likeness (QED) is 0.772. The average molecular weight is 265 g/mol. The normalized spacial score (nSPS) is 10.9. The van der Waals surface area contributed by atoms with Crippen LogP contribution < -0.4 is 5.32 Å². The largest absolute Gasteiger partial charge is 0.481 e. The van der Waals surface area contributed by atoms with E-state index in [4.69, 9.17) is 5.11 Å². The molecule has 0 amide bonds. The summed E-state index contributed by atoms with van der Waals surface area (Å²) in [6, 6.07) is 6.98. The molecule has 104 valence electrons. The summed E-state index contributed by atoms with van der Waals surface area (Å²) in [5, 5.41) is 12.1. The van der Waals surface area contributed by atoms with Gasteiger partial charge < -0.3 is 15.2 Å². The maximum Gasteiger partial charge on any atom is 0.339 e. The van der Waals surface area contributed by atoms with Crippen LogP contribution in [0.15, 0.2) is 24.3 Å². The van der Waals surface area contributed by atoms with Gasteiger partial charge in [0, 0.05) is 12.2 Å². The van der Waals surface area contributed by atoms with Gasteiger partial charge in [-0.25, -0.2) is 4.79 Å². The fraction of sp³-hybridized carbons (Fsp3) is 0.429. The van der Waals surface area contributed by atoms with Gasteiger partial charge in [0.25, 0.3) is 0 Å². The molecule has 0 saturated heterocycles. The molecule has 0 radical (unpaired) electrons. The van der Waals surface area contributed by atoms with Crippen molar-refractivity contribution >= 4 is 17.6 Å². The fourth-order valence-corrected chi connectivity index (χ4v) is 1.54. The van der Waals surface area contributed by atoms with Crippen LogP contribution in [0, 0.1) is 5.41 Å². The van der Waals surface area contributed by atoms with E-state index in [2.05, 4.69) is 10.1 Å². The topological polar surface area (TPSA) is 75.6 Å². The van der Waals surface area contributed by atoms with Crippen LogP contribution in [0.5, 0.6) is 0 Å². The van der Waals surface area contributed by atoms with E-state index in [9.17, 15) is 9.59 Å². The predicted octanol–water partition coefficient (Wildman–Crippen LogP) is 2.39. The van der Waals surface area contributed by atoms with E-state index in [0.29, 0.717) is 24.2 Å². The van der Waals surface area contributed by atoms with Crippen LogP contribution in [0.1, 0.15) is 30.6 Å². The molecule has 5 nitrogen and oxygen atoms in total. The van der Waals surface area contributed by atoms with E-state index < -0.39 is 17.4 Å². The molecule has 1 aromatic carbocycles. The van der Waals surface area contributed by atoms with Gasteiger partial charge in [-0.05, 0) is 32.4 Å². The van der Waals surface area contributed by atoms with Crippen molar-refractivity contribution in [3.63, 3.8) is 0 Å². The molecular formula is C14H19NO4. The Labute approximate surface area is 112 Å². The molecule has 19 heavy (non-hydrogen) atoms. The van der Waals surface area contributed by atoms with Crippen molar-refractivity contribution in [2.24, 2.45) is 5.41 Å². The van der Waals surface area contributed by atoms with E-state index in [1.165, 1.54) is 7.11 Å². The van der Waals surface area contributed by atoms with Gasteiger partial charge in [0.1, 0.15) is 0 Å². The minimum atomic E-state index is -0.837. The fourth-order valence-electron chi connectivity index (χ4n) is 1.54. The Kier molecular flexibility index (Phi) is 4.92. The molecule has 0 spiro atoms. The van der Waals surface area contributed by atoms with Crippen LogP contribution >= 0.6 is 0 Å². The van der Waals surface area contributed by atoms with Crippen LogP contribution in [0.4, 0.5) is 5.69 Å². The van der Waals surface area contributed by atoms with Crippen LogP contribution in [0.25, 0.3) is 0 Å². The third-order valence-corrected chi connectivity index (χ3v) is 2.98. The summed E-state index contributed by atoms with van der Waals surface area (Å²) < 4.78 is 4.69. The molecule has 1 rings (SSSR count). The van der Waals surface area contributed by atoms with Crippen LogP contribution in [0.3, 0.4) is 0 Å². The summed E-state index contributed by atoms with van der Waals surface area (Å²) in [7, 11) is 1.33. The van der Waals surface area contributed by atoms with E-state index in [1.54, 1.807) is 38.1 Å². The highest BCUT2D eigenvalue weighted by molar-refractivity contribution is 5.95. The molecule has 2 N–H and O–H groups in total. The Bertz CT molecular complexity index is 468. The number of rotatable bonds is 6. The molecule has 0 saturated carbocycles. The van der Waals surface area contributed by atoms with E-state index in [-0.39, 0.29) is 0 Å². The molecule has 0 heterocycles. The zero-order valence-corrected chi connectivity index (χ0v) is 11.4. The first-order valence-corrected chi connectivity index (χ1v) is 6.03. The van der Waals surface area contributed by atoms with Crippen molar-refractivity contribution in [2.45, 2.75) is 20.3 Å². The summed E-state index contributed by atoms with van der Waals surface area (Å²) in [5.41, 5.74) is 0.293. The Hall–Kier alpha value is -2.04. The summed E-state index contributed by atoms with van der Waals surface area (Å²) >= 11 is 0. The van der Waals surface area contributed by atoms with Crippen molar-refractivity contribution in [2.75, 3.05) is 19.0 Å². The van der Waals surface area contributed by atoms with Gasteiger partial charge in [0.2, 0.25) is 0 Å². The molecule has 0 aliphatic carbocycles. The van der Waals surface area contributed by atoms with Crippen molar-refractivity contribution < 1.29 is 19.4 Å². The Balaban J connectivity index is 2.69. The zero-order chi connectivity index (χ0) is 14.5. The number of anilines is 1. The number of carbonyl (C=O) groups is 2. The van der Waals surface area contributed by atoms with Crippen LogP contribution in [-0.2, 0) is 9.53 Å². The number of methoxy groups -OCH3 is 1. The highest BCUT2D eigenvalue weighted by Gasteiger charge is 2.26. The lowest BCUT2D eigenvalue weighted by Gasteiger charge is -2.19. The van der Waals surface area contributed by atoms with Gasteiger partial charge in [0.05, 0.1) is 18.1 Å². The number of nitrogens with one attached hydrogen (secondary N) is 1. The number of para-hydroxylation sites is 1. The van der Waals surface area contributed by atoms with Crippen molar-refractivity contribution in [1.29, 1.82) is 0 Å². The van der Waals surface area contributed by atoms with Crippen molar-refractivity contribution in [1.82, 2.24) is 0 Å². The highest BCUT2D eigenvalue weighted by atomic mass is 16.5. The Morgan fingerprint density at radius 1 is 1.32 bits per heavy atom. The molecule has 0 atom stereocenters. The zero-order valence-electron chi connectivity index (χ0n) is 11.4. The number of hydrogen-bond donors (Lipinski definition) is 2. The van der Waals surface area contributed by atoms with Crippen molar-refractivity contribution in [3.8, 4) is 0 Å². The number of esters is 1. The summed E-state index contributed by atoms with van der Waals surface area (Å²) in [5.74, 6) is -1.25. The summed E-state index contributed by atoms with van der Waals surface area (Å²) in [6.45, 7) is 3.81. The maximum absolute atomic E-state index is 11.5. The first kappa shape index (κ1) is 15.0. The number of benzene rings is 1. The second-order valence-electron chi connectivity index (χ2n) is 4.90. The van der Waals surface area contributed by atoms with Crippen molar-refractivity contribution in [3.05, 3.63) is 29.8 Å². The van der Waals surface area contributed by atoms with Crippen LogP contribution in [0.2, 0.25) is 0 Å². The lowest BCUT2D eigenvalue weighted by molar-refractivity contribution is -0.147. The highest BCUT2D eigenvalue weighted by Crippen LogP contribution is 2.22. The second kappa shape index (κ2) is 6.22. The lowest BCUT2D eigenvalue weighted by Crippen LogP contribution is -2.26. The molecule has 1 aromatic rings. The van der Waals surface area contributed by atoms with E-state index >= 15 is 0 Å². The smallest absolute Gasteiger partial charge is 0.339 e. The van der Waals surface area contributed by atoms with Crippen LogP contribution in [-0.4, -0.2) is 30.7 Å². The Morgan fingerprint density at radius 3 is 2.53 bits per heavy atom. The van der Waals surface area contributed by atoms with Gasteiger partial charge >= 0.3 is 11.9 Å². The number of carboxylic acids is 1. The number of carbonyl (C=O) groups excluding carboxylic acids is 1. The second-order valence-corrected chi connectivity index (χ2v) is 4.90. The predicted molar refractivity (Wildman–Crippen MR) is 72.3 cm³/mol. The third kappa shape index (κ3) is 3.98. The molecule has 0 aromatic heterocycles. The molecule has 0 bridgehead atoms. The monoisotopic (exact) mass is 265 g/mol. The van der Waals surface area contributed by atoms with Gasteiger partial charge in [-0.15, -0.1) is 0 Å². The number of ether oxygens (including phenoxy) is 1. The van der Waals surface area contributed by atoms with Gasteiger partial charge in [-0.3, -0.25) is 4.79 Å². The first-order valence-electron chi connectivity index (χ1n) is 6.03. The summed E-state index contributed by atoms with van der Waals surface area (Å²) in [6.07, 6.45) is 0.456. The van der Waals surface area contributed by atoms with Gasteiger partial charge in [-0.2, -0.15) is 0 Å². The third-order valence-electron chi connectivity index (χ3n) is 2.98. The number of aliphatic carboxylic acids is 1. The number of hydrogen-bond acceptors (Lipinski definition) is 4.